The molecule has 2 aromatic rings. The van der Waals surface area contributed by atoms with E-state index in [1.165, 1.54) is 12.8 Å². The van der Waals surface area contributed by atoms with E-state index in [0.717, 1.165) is 18.7 Å². The zero-order valence-corrected chi connectivity index (χ0v) is 10.5. The molecular weight excluding hydrogens is 244 g/mol. The lowest BCUT2D eigenvalue weighted by Gasteiger charge is -2.15. The Morgan fingerprint density at radius 1 is 1.26 bits per heavy atom. The second-order valence-electron chi connectivity index (χ2n) is 4.50. The van der Waals surface area contributed by atoms with Gasteiger partial charge < -0.3 is 20.4 Å². The summed E-state index contributed by atoms with van der Waals surface area (Å²) in [6.45, 7) is 2.55. The normalized spacial score (nSPS) is 14.8. The van der Waals surface area contributed by atoms with Crippen molar-refractivity contribution in [3.8, 4) is 0 Å². The van der Waals surface area contributed by atoms with Gasteiger partial charge in [0, 0.05) is 25.2 Å². The molecule has 0 saturated carbocycles. The predicted molar refractivity (Wildman–Crippen MR) is 71.7 cm³/mol. The molecule has 1 aliphatic heterocycles. The summed E-state index contributed by atoms with van der Waals surface area (Å²) in [5, 5.41) is 3.12. The van der Waals surface area contributed by atoms with Crippen LogP contribution in [0.2, 0.25) is 0 Å². The molecule has 0 aliphatic carbocycles. The van der Waals surface area contributed by atoms with Crippen molar-refractivity contribution in [2.24, 2.45) is 0 Å². The average Bonchev–Trinajstić information content (AvgIpc) is 3.09. The molecular formula is C12H16N6O. The Bertz CT molecular complexity index is 535. The number of nitrogens with two attached hydrogens (primary N) is 1. The highest BCUT2D eigenvalue weighted by Gasteiger charge is 2.16. The molecule has 0 aromatic carbocycles. The minimum Gasteiger partial charge on any atom is -0.472 e. The van der Waals surface area contributed by atoms with Crippen LogP contribution in [0.1, 0.15) is 18.4 Å². The smallest absolute Gasteiger partial charge is 0.231 e. The Morgan fingerprint density at radius 3 is 2.84 bits per heavy atom. The number of nitrogens with zero attached hydrogens (tertiary/aromatic N) is 4. The third-order valence-electron chi connectivity index (χ3n) is 3.06. The van der Waals surface area contributed by atoms with E-state index in [0.29, 0.717) is 18.4 Å². The van der Waals surface area contributed by atoms with Crippen LogP contribution in [0.3, 0.4) is 0 Å². The Kier molecular flexibility index (Phi) is 3.18. The molecule has 0 atom stereocenters. The molecule has 3 rings (SSSR count). The van der Waals surface area contributed by atoms with Crippen LogP contribution in [0, 0.1) is 0 Å². The van der Waals surface area contributed by atoms with Crippen molar-refractivity contribution in [2.45, 2.75) is 19.4 Å². The van der Waals surface area contributed by atoms with Crippen molar-refractivity contribution in [1.29, 1.82) is 0 Å². The van der Waals surface area contributed by atoms with Gasteiger partial charge in [-0.2, -0.15) is 15.0 Å². The van der Waals surface area contributed by atoms with Gasteiger partial charge in [-0.25, -0.2) is 0 Å². The number of anilines is 3. The summed E-state index contributed by atoms with van der Waals surface area (Å²) >= 11 is 0. The molecule has 3 N–H and O–H groups in total. The highest BCUT2D eigenvalue weighted by molar-refractivity contribution is 5.42. The van der Waals surface area contributed by atoms with Crippen LogP contribution in [-0.4, -0.2) is 28.0 Å². The van der Waals surface area contributed by atoms with Gasteiger partial charge in [0.2, 0.25) is 17.8 Å². The van der Waals surface area contributed by atoms with Crippen molar-refractivity contribution in [3.05, 3.63) is 24.2 Å². The molecule has 1 saturated heterocycles. The second kappa shape index (κ2) is 5.13. The maximum absolute atomic E-state index is 5.73. The number of nitrogens with one attached hydrogen (secondary N) is 1. The first-order chi connectivity index (χ1) is 9.31. The summed E-state index contributed by atoms with van der Waals surface area (Å²) in [6.07, 6.45) is 5.65. The third kappa shape index (κ3) is 2.75. The standard InChI is InChI=1S/C12H16N6O/c13-10-15-11(14-7-9-3-6-19-8-9)17-12(16-10)18-4-1-2-5-18/h3,6,8H,1-2,4-5,7H2,(H3,13,14,15,16,17). The summed E-state index contributed by atoms with van der Waals surface area (Å²) in [7, 11) is 0. The van der Waals surface area contributed by atoms with Gasteiger partial charge in [-0.05, 0) is 18.9 Å². The van der Waals surface area contributed by atoms with E-state index in [9.17, 15) is 0 Å². The molecule has 1 aliphatic rings. The van der Waals surface area contributed by atoms with Crippen molar-refractivity contribution < 1.29 is 4.42 Å². The zero-order chi connectivity index (χ0) is 13.1. The molecule has 0 spiro atoms. The average molecular weight is 260 g/mol. The van der Waals surface area contributed by atoms with Gasteiger partial charge in [-0.15, -0.1) is 0 Å². The summed E-state index contributed by atoms with van der Waals surface area (Å²) in [5.74, 6) is 1.39. The van der Waals surface area contributed by atoms with Crippen LogP contribution in [0.5, 0.6) is 0 Å². The van der Waals surface area contributed by atoms with Crippen LogP contribution in [0.4, 0.5) is 17.8 Å². The Balaban J connectivity index is 1.73. The lowest BCUT2D eigenvalue weighted by atomic mass is 10.3. The van der Waals surface area contributed by atoms with E-state index in [-0.39, 0.29) is 5.95 Å². The van der Waals surface area contributed by atoms with Gasteiger partial charge in [0.25, 0.3) is 0 Å². The van der Waals surface area contributed by atoms with Crippen LogP contribution in [-0.2, 0) is 6.54 Å². The number of hydrogen-bond donors (Lipinski definition) is 2. The van der Waals surface area contributed by atoms with E-state index in [1.54, 1.807) is 12.5 Å². The minimum absolute atomic E-state index is 0.242. The molecule has 1 fully saturated rings. The highest BCUT2D eigenvalue weighted by atomic mass is 16.3. The first kappa shape index (κ1) is 11.8. The van der Waals surface area contributed by atoms with Gasteiger partial charge >= 0.3 is 0 Å². The molecule has 0 radical (unpaired) electrons. The molecule has 0 bridgehead atoms. The van der Waals surface area contributed by atoms with E-state index in [2.05, 4.69) is 25.2 Å². The quantitative estimate of drug-likeness (QED) is 0.854. The number of furan rings is 1. The molecule has 0 unspecified atom stereocenters. The minimum atomic E-state index is 0.242. The first-order valence-corrected chi connectivity index (χ1v) is 6.33. The van der Waals surface area contributed by atoms with Gasteiger partial charge in [-0.1, -0.05) is 0 Å². The van der Waals surface area contributed by atoms with Gasteiger partial charge in [0.15, 0.2) is 0 Å². The fraction of sp³-hybridized carbons (Fsp3) is 0.417. The molecule has 3 heterocycles. The summed E-state index contributed by atoms with van der Waals surface area (Å²) in [4.78, 5) is 14.8. The molecule has 7 heteroatoms. The van der Waals surface area contributed by atoms with Crippen molar-refractivity contribution in [2.75, 3.05) is 29.0 Å². The van der Waals surface area contributed by atoms with Gasteiger partial charge in [0.1, 0.15) is 0 Å². The van der Waals surface area contributed by atoms with Crippen LogP contribution in [0.25, 0.3) is 0 Å². The number of nitrogen functional groups attached to an aromatic ring is 1. The lowest BCUT2D eigenvalue weighted by molar-refractivity contribution is 0.564. The lowest BCUT2D eigenvalue weighted by Crippen LogP contribution is -2.22. The number of aromatic nitrogens is 3. The molecule has 7 nitrogen and oxygen atoms in total. The number of hydrogen-bond acceptors (Lipinski definition) is 7. The molecule has 2 aromatic heterocycles. The van der Waals surface area contributed by atoms with Crippen molar-refractivity contribution in [3.63, 3.8) is 0 Å². The third-order valence-corrected chi connectivity index (χ3v) is 3.06. The predicted octanol–water partition coefficient (Wildman–Crippen LogP) is 1.26. The zero-order valence-electron chi connectivity index (χ0n) is 10.5. The van der Waals surface area contributed by atoms with Crippen molar-refractivity contribution in [1.82, 2.24) is 15.0 Å². The monoisotopic (exact) mass is 260 g/mol. The summed E-state index contributed by atoms with van der Waals surface area (Å²) < 4.78 is 5.01. The van der Waals surface area contributed by atoms with E-state index < -0.39 is 0 Å². The van der Waals surface area contributed by atoms with E-state index in [1.807, 2.05) is 6.07 Å². The Hall–Kier alpha value is -2.31. The topological polar surface area (TPSA) is 93.1 Å². The van der Waals surface area contributed by atoms with Crippen LogP contribution < -0.4 is 16.0 Å². The Morgan fingerprint density at radius 2 is 2.11 bits per heavy atom. The van der Waals surface area contributed by atoms with E-state index >= 15 is 0 Å². The highest BCUT2D eigenvalue weighted by Crippen LogP contribution is 2.17. The fourth-order valence-corrected chi connectivity index (χ4v) is 2.09. The fourth-order valence-electron chi connectivity index (χ4n) is 2.09. The van der Waals surface area contributed by atoms with Crippen molar-refractivity contribution >= 4 is 17.8 Å². The maximum Gasteiger partial charge on any atom is 0.231 e. The second-order valence-corrected chi connectivity index (χ2v) is 4.50. The molecule has 19 heavy (non-hydrogen) atoms. The van der Waals surface area contributed by atoms with Gasteiger partial charge in [-0.3, -0.25) is 0 Å². The SMILES string of the molecule is Nc1nc(NCc2ccoc2)nc(N2CCCC2)n1. The molecule has 100 valence electrons. The summed E-state index contributed by atoms with van der Waals surface area (Å²) in [5.41, 5.74) is 6.76. The molecule has 0 amide bonds. The summed E-state index contributed by atoms with van der Waals surface area (Å²) in [6, 6.07) is 1.89. The largest absolute Gasteiger partial charge is 0.472 e. The number of rotatable bonds is 4. The Labute approximate surface area is 110 Å². The first-order valence-electron chi connectivity index (χ1n) is 6.33. The van der Waals surface area contributed by atoms with Crippen LogP contribution >= 0.6 is 0 Å². The van der Waals surface area contributed by atoms with Crippen LogP contribution in [0.15, 0.2) is 23.0 Å². The van der Waals surface area contributed by atoms with Gasteiger partial charge in [0.05, 0.1) is 12.5 Å². The van der Waals surface area contributed by atoms with E-state index in [4.69, 9.17) is 10.2 Å². The maximum atomic E-state index is 5.73.